The molecule has 2 aromatic heterocycles. The minimum absolute atomic E-state index is 0.667. The van der Waals surface area contributed by atoms with Gasteiger partial charge < -0.3 is 10.7 Å². The molecule has 0 aliphatic carbocycles. The molecule has 0 spiro atoms. The Bertz CT molecular complexity index is 626. The molecule has 0 radical (unpaired) electrons. The fourth-order valence-electron chi connectivity index (χ4n) is 1.96. The average Bonchev–Trinajstić information content (AvgIpc) is 2.66. The highest BCUT2D eigenvalue weighted by Crippen LogP contribution is 2.32. The third-order valence-corrected chi connectivity index (χ3v) is 2.66. The largest absolute Gasteiger partial charge is 0.385 e. The molecule has 0 atom stereocenters. The Morgan fingerprint density at radius 3 is 2.62 bits per heavy atom. The van der Waals surface area contributed by atoms with Crippen molar-refractivity contribution in [2.75, 3.05) is 5.73 Å². The van der Waals surface area contributed by atoms with Crippen LogP contribution in [0.1, 0.15) is 0 Å². The first kappa shape index (κ1) is 8.97. The lowest BCUT2D eigenvalue weighted by Gasteiger charge is -2.00. The van der Waals surface area contributed by atoms with E-state index in [1.54, 1.807) is 6.20 Å². The molecule has 0 unspecified atom stereocenters. The molecule has 0 saturated heterocycles. The molecule has 3 nitrogen and oxygen atoms in total. The van der Waals surface area contributed by atoms with Crippen LogP contribution in [0.5, 0.6) is 0 Å². The molecule has 1 aromatic carbocycles. The zero-order valence-electron chi connectivity index (χ0n) is 8.64. The van der Waals surface area contributed by atoms with Gasteiger partial charge in [0.15, 0.2) is 0 Å². The second kappa shape index (κ2) is 3.38. The number of nitrogen functional groups attached to an aromatic ring is 1. The summed E-state index contributed by atoms with van der Waals surface area (Å²) in [6.45, 7) is 0. The zero-order valence-corrected chi connectivity index (χ0v) is 8.64. The molecule has 3 N–H and O–H groups in total. The Hall–Kier alpha value is -2.29. The molecule has 0 amide bonds. The molecular formula is C13H11N3. The Kier molecular flexibility index (Phi) is 1.90. The SMILES string of the molecule is Nc1[nH]c2ncccc2c1-c1ccccc1. The van der Waals surface area contributed by atoms with Gasteiger partial charge in [0.1, 0.15) is 11.5 Å². The highest BCUT2D eigenvalue weighted by atomic mass is 14.9. The van der Waals surface area contributed by atoms with E-state index in [1.807, 2.05) is 42.5 Å². The minimum atomic E-state index is 0.667. The summed E-state index contributed by atoms with van der Waals surface area (Å²) >= 11 is 0. The lowest BCUT2D eigenvalue weighted by molar-refractivity contribution is 1.33. The van der Waals surface area contributed by atoms with Gasteiger partial charge in [0.2, 0.25) is 0 Å². The van der Waals surface area contributed by atoms with Crippen LogP contribution >= 0.6 is 0 Å². The van der Waals surface area contributed by atoms with Gasteiger partial charge in [-0.1, -0.05) is 30.3 Å². The Morgan fingerprint density at radius 2 is 1.81 bits per heavy atom. The molecule has 0 aliphatic heterocycles. The molecule has 0 fully saturated rings. The summed E-state index contributed by atoms with van der Waals surface area (Å²) in [6, 6.07) is 14.0. The van der Waals surface area contributed by atoms with Crippen molar-refractivity contribution in [2.45, 2.75) is 0 Å². The van der Waals surface area contributed by atoms with Crippen molar-refractivity contribution in [3.63, 3.8) is 0 Å². The highest BCUT2D eigenvalue weighted by Gasteiger charge is 2.10. The fourth-order valence-corrected chi connectivity index (χ4v) is 1.96. The number of aromatic amines is 1. The number of fused-ring (bicyclic) bond motifs is 1. The number of aromatic nitrogens is 2. The lowest BCUT2D eigenvalue weighted by atomic mass is 10.1. The van der Waals surface area contributed by atoms with Crippen molar-refractivity contribution < 1.29 is 0 Å². The maximum absolute atomic E-state index is 5.99. The van der Waals surface area contributed by atoms with Gasteiger partial charge in [-0.15, -0.1) is 0 Å². The van der Waals surface area contributed by atoms with Crippen molar-refractivity contribution in [2.24, 2.45) is 0 Å². The summed E-state index contributed by atoms with van der Waals surface area (Å²) in [4.78, 5) is 7.34. The van der Waals surface area contributed by atoms with Crippen molar-refractivity contribution in [1.29, 1.82) is 0 Å². The van der Waals surface area contributed by atoms with Crippen LogP contribution in [0.25, 0.3) is 22.2 Å². The summed E-state index contributed by atoms with van der Waals surface area (Å²) in [5.74, 6) is 0.667. The van der Waals surface area contributed by atoms with Gasteiger partial charge in [0.25, 0.3) is 0 Å². The number of benzene rings is 1. The van der Waals surface area contributed by atoms with Gasteiger partial charge >= 0.3 is 0 Å². The van der Waals surface area contributed by atoms with Gasteiger partial charge in [-0.2, -0.15) is 0 Å². The molecule has 3 rings (SSSR count). The summed E-state index contributed by atoms with van der Waals surface area (Å²) in [5.41, 5.74) is 8.96. The molecule has 3 aromatic rings. The summed E-state index contributed by atoms with van der Waals surface area (Å²) < 4.78 is 0. The molecule has 0 saturated carbocycles. The molecule has 78 valence electrons. The number of nitrogens with zero attached hydrogens (tertiary/aromatic N) is 1. The fraction of sp³-hybridized carbons (Fsp3) is 0. The smallest absolute Gasteiger partial charge is 0.139 e. The molecule has 0 aliphatic rings. The topological polar surface area (TPSA) is 54.7 Å². The number of hydrogen-bond acceptors (Lipinski definition) is 2. The third-order valence-electron chi connectivity index (χ3n) is 2.66. The maximum Gasteiger partial charge on any atom is 0.139 e. The van der Waals surface area contributed by atoms with Gasteiger partial charge in [0, 0.05) is 17.1 Å². The summed E-state index contributed by atoms with van der Waals surface area (Å²) in [5, 5.41) is 1.06. The second-order valence-corrected chi connectivity index (χ2v) is 3.68. The maximum atomic E-state index is 5.99. The second-order valence-electron chi connectivity index (χ2n) is 3.68. The van der Waals surface area contributed by atoms with Gasteiger partial charge in [-0.3, -0.25) is 0 Å². The number of nitrogens with two attached hydrogens (primary N) is 1. The van der Waals surface area contributed by atoms with Crippen molar-refractivity contribution >= 4 is 16.9 Å². The van der Waals surface area contributed by atoms with Crippen LogP contribution in [0.4, 0.5) is 5.82 Å². The number of H-pyrrole nitrogens is 1. The van der Waals surface area contributed by atoms with Crippen LogP contribution in [-0.2, 0) is 0 Å². The number of anilines is 1. The van der Waals surface area contributed by atoms with E-state index in [2.05, 4.69) is 9.97 Å². The van der Waals surface area contributed by atoms with Crippen LogP contribution in [0, 0.1) is 0 Å². The molecule has 2 heterocycles. The molecule has 16 heavy (non-hydrogen) atoms. The number of hydrogen-bond donors (Lipinski definition) is 2. The molecular weight excluding hydrogens is 198 g/mol. The number of pyridine rings is 1. The van der Waals surface area contributed by atoms with E-state index in [-0.39, 0.29) is 0 Å². The van der Waals surface area contributed by atoms with Gasteiger partial charge in [-0.25, -0.2) is 4.98 Å². The predicted molar refractivity (Wildman–Crippen MR) is 65.9 cm³/mol. The van der Waals surface area contributed by atoms with Crippen LogP contribution in [0.15, 0.2) is 48.7 Å². The standard InChI is InChI=1S/C13H11N3/c14-12-11(9-5-2-1-3-6-9)10-7-4-8-15-13(10)16-12/h1-8H,14H2,(H,15,16). The van der Waals surface area contributed by atoms with Gasteiger partial charge in [0.05, 0.1) is 0 Å². The van der Waals surface area contributed by atoms with E-state index in [0.29, 0.717) is 5.82 Å². The normalized spacial score (nSPS) is 10.8. The monoisotopic (exact) mass is 209 g/mol. The van der Waals surface area contributed by atoms with Crippen molar-refractivity contribution in [1.82, 2.24) is 9.97 Å². The van der Waals surface area contributed by atoms with E-state index < -0.39 is 0 Å². The molecule has 0 bridgehead atoms. The third kappa shape index (κ3) is 1.26. The van der Waals surface area contributed by atoms with E-state index in [0.717, 1.165) is 22.2 Å². The number of rotatable bonds is 1. The molecule has 3 heteroatoms. The predicted octanol–water partition coefficient (Wildman–Crippen LogP) is 2.81. The first-order valence-electron chi connectivity index (χ1n) is 5.14. The Morgan fingerprint density at radius 1 is 1.00 bits per heavy atom. The Labute approximate surface area is 92.9 Å². The number of nitrogens with one attached hydrogen (secondary N) is 1. The minimum Gasteiger partial charge on any atom is -0.385 e. The van der Waals surface area contributed by atoms with E-state index in [1.165, 1.54) is 0 Å². The lowest BCUT2D eigenvalue weighted by Crippen LogP contribution is -1.86. The first-order valence-corrected chi connectivity index (χ1v) is 5.14. The van der Waals surface area contributed by atoms with Crippen LogP contribution < -0.4 is 5.73 Å². The van der Waals surface area contributed by atoms with Crippen molar-refractivity contribution in [3.05, 3.63) is 48.7 Å². The van der Waals surface area contributed by atoms with E-state index in [4.69, 9.17) is 5.73 Å². The van der Waals surface area contributed by atoms with E-state index >= 15 is 0 Å². The van der Waals surface area contributed by atoms with E-state index in [9.17, 15) is 0 Å². The van der Waals surface area contributed by atoms with Crippen LogP contribution in [-0.4, -0.2) is 9.97 Å². The quantitative estimate of drug-likeness (QED) is 0.647. The average molecular weight is 209 g/mol. The first-order chi connectivity index (χ1) is 7.86. The highest BCUT2D eigenvalue weighted by molar-refractivity contribution is 6.00. The van der Waals surface area contributed by atoms with Crippen LogP contribution in [0.2, 0.25) is 0 Å². The van der Waals surface area contributed by atoms with Crippen LogP contribution in [0.3, 0.4) is 0 Å². The van der Waals surface area contributed by atoms with Gasteiger partial charge in [-0.05, 0) is 17.7 Å². The summed E-state index contributed by atoms with van der Waals surface area (Å²) in [6.07, 6.45) is 1.76. The van der Waals surface area contributed by atoms with Crippen molar-refractivity contribution in [3.8, 4) is 11.1 Å². The summed E-state index contributed by atoms with van der Waals surface area (Å²) in [7, 11) is 0. The zero-order chi connectivity index (χ0) is 11.0. The Balaban J connectivity index is 2.35.